The molecule has 2 aromatic heterocycles. The molecule has 5 rings (SSSR count). The maximum Gasteiger partial charge on any atom is 0.335 e. The summed E-state index contributed by atoms with van der Waals surface area (Å²) in [5, 5.41) is 10.3. The Kier molecular flexibility index (Phi) is 5.76. The Morgan fingerprint density at radius 1 is 1.12 bits per heavy atom. The molecular formula is C25H24N6O3. The molecule has 2 atom stereocenters. The first kappa shape index (κ1) is 21.7. The number of hydrogen-bond donors (Lipinski definition) is 2. The van der Waals surface area contributed by atoms with Crippen LogP contribution in [0.25, 0.3) is 16.9 Å². The topological polar surface area (TPSA) is 111 Å². The maximum absolute atomic E-state index is 13.7. The van der Waals surface area contributed by atoms with Gasteiger partial charge >= 0.3 is 5.69 Å². The first-order valence-electron chi connectivity index (χ1n) is 11.0. The molecule has 1 aliphatic rings. The fourth-order valence-corrected chi connectivity index (χ4v) is 4.35. The Balaban J connectivity index is 1.53. The third-order valence-corrected chi connectivity index (χ3v) is 5.93. The molecule has 172 valence electrons. The Morgan fingerprint density at radius 3 is 2.59 bits per heavy atom. The van der Waals surface area contributed by atoms with E-state index in [4.69, 9.17) is 10.5 Å². The van der Waals surface area contributed by atoms with Crippen molar-refractivity contribution in [3.8, 4) is 29.0 Å². The van der Waals surface area contributed by atoms with Crippen molar-refractivity contribution in [1.29, 1.82) is 0 Å². The van der Waals surface area contributed by atoms with Crippen LogP contribution >= 0.6 is 0 Å². The van der Waals surface area contributed by atoms with Gasteiger partial charge in [0.25, 0.3) is 0 Å². The van der Waals surface area contributed by atoms with Crippen molar-refractivity contribution in [1.82, 2.24) is 24.0 Å². The van der Waals surface area contributed by atoms with Crippen molar-refractivity contribution in [2.45, 2.75) is 25.6 Å². The van der Waals surface area contributed by atoms with Crippen LogP contribution in [0.15, 0.2) is 65.7 Å². The molecule has 4 aromatic rings. The molecule has 1 unspecified atom stereocenters. The van der Waals surface area contributed by atoms with Crippen molar-refractivity contribution in [3.05, 3.63) is 71.4 Å². The number of likely N-dealkylation sites (tertiary alicyclic amines) is 1. The highest BCUT2D eigenvalue weighted by Crippen LogP contribution is 2.29. The number of aliphatic hydroxyl groups is 1. The smallest absolute Gasteiger partial charge is 0.335 e. The fourth-order valence-electron chi connectivity index (χ4n) is 4.35. The number of ether oxygens (including phenoxy) is 1. The van der Waals surface area contributed by atoms with E-state index >= 15 is 0 Å². The number of para-hydroxylation sites is 1. The van der Waals surface area contributed by atoms with Gasteiger partial charge in [0.15, 0.2) is 17.7 Å². The van der Waals surface area contributed by atoms with Gasteiger partial charge in [-0.15, -0.1) is 5.92 Å². The Morgan fingerprint density at radius 2 is 1.85 bits per heavy atom. The van der Waals surface area contributed by atoms with E-state index in [1.165, 1.54) is 10.9 Å². The third-order valence-electron chi connectivity index (χ3n) is 5.93. The number of anilines is 1. The average molecular weight is 457 g/mol. The predicted octanol–water partition coefficient (Wildman–Crippen LogP) is 2.55. The summed E-state index contributed by atoms with van der Waals surface area (Å²) in [5.74, 6) is 7.08. The van der Waals surface area contributed by atoms with E-state index in [1.54, 1.807) is 35.8 Å². The Bertz CT molecular complexity index is 1430. The molecule has 0 radical (unpaired) electrons. The van der Waals surface area contributed by atoms with Gasteiger partial charge in [0, 0.05) is 13.1 Å². The Hall–Kier alpha value is -4.13. The SMILES string of the molecule is CC#CC(O)N1CC[C@@H](n2c(=O)n(-c3ccc(Oc4ccccc4)cc3)c3c(N)ncnc32)C1. The molecule has 1 saturated heterocycles. The first-order chi connectivity index (χ1) is 16.6. The second-order valence-electron chi connectivity index (χ2n) is 8.03. The lowest BCUT2D eigenvalue weighted by Gasteiger charge is -2.18. The maximum atomic E-state index is 13.7. The molecule has 1 aliphatic heterocycles. The average Bonchev–Trinajstić information content (AvgIpc) is 3.43. The van der Waals surface area contributed by atoms with E-state index in [2.05, 4.69) is 21.8 Å². The van der Waals surface area contributed by atoms with Crippen LogP contribution in [-0.2, 0) is 0 Å². The number of imidazole rings is 1. The van der Waals surface area contributed by atoms with Crippen molar-refractivity contribution in [2.75, 3.05) is 18.8 Å². The van der Waals surface area contributed by atoms with E-state index in [-0.39, 0.29) is 17.5 Å². The molecule has 9 nitrogen and oxygen atoms in total. The number of aromatic nitrogens is 4. The number of benzene rings is 2. The molecule has 0 saturated carbocycles. The van der Waals surface area contributed by atoms with Crippen molar-refractivity contribution in [3.63, 3.8) is 0 Å². The largest absolute Gasteiger partial charge is 0.457 e. The van der Waals surface area contributed by atoms with E-state index in [0.717, 1.165) is 5.75 Å². The van der Waals surface area contributed by atoms with Gasteiger partial charge < -0.3 is 15.6 Å². The highest BCUT2D eigenvalue weighted by molar-refractivity contribution is 5.84. The molecule has 3 N–H and O–H groups in total. The van der Waals surface area contributed by atoms with Gasteiger partial charge in [-0.05, 0) is 49.7 Å². The number of fused-ring (bicyclic) bond motifs is 1. The number of aliphatic hydroxyl groups excluding tert-OH is 1. The van der Waals surface area contributed by atoms with E-state index in [9.17, 15) is 9.90 Å². The summed E-state index contributed by atoms with van der Waals surface area (Å²) in [6, 6.07) is 16.5. The second kappa shape index (κ2) is 9.02. The number of nitrogens with two attached hydrogens (primary N) is 1. The third kappa shape index (κ3) is 3.90. The van der Waals surface area contributed by atoms with Gasteiger partial charge in [0.05, 0.1) is 11.7 Å². The van der Waals surface area contributed by atoms with Crippen LogP contribution in [0.3, 0.4) is 0 Å². The molecule has 0 amide bonds. The quantitative estimate of drug-likeness (QED) is 0.444. The molecule has 0 aliphatic carbocycles. The highest BCUT2D eigenvalue weighted by atomic mass is 16.5. The number of nitrogen functional groups attached to an aromatic ring is 1. The lowest BCUT2D eigenvalue weighted by Crippen LogP contribution is -2.34. The number of rotatable bonds is 5. The standard InChI is InChI=1S/C25H24N6O3/c1-2-6-21(32)29-14-13-18(15-29)31-24-22(23(26)27-16-28-24)30(25(31)33)17-9-11-20(12-10-17)34-19-7-4-3-5-8-19/h3-5,7-12,16,18,21,32H,13-15H2,1H3,(H2,26,27,28)/t18-,21?/m1/s1. The van der Waals surface area contributed by atoms with Crippen molar-refractivity contribution >= 4 is 17.0 Å². The van der Waals surface area contributed by atoms with Crippen LogP contribution in [0.2, 0.25) is 0 Å². The van der Waals surface area contributed by atoms with Gasteiger partial charge in [0.2, 0.25) is 0 Å². The van der Waals surface area contributed by atoms with Crippen LogP contribution in [0, 0.1) is 11.8 Å². The van der Waals surface area contributed by atoms with Crippen LogP contribution in [0.5, 0.6) is 11.5 Å². The molecule has 0 spiro atoms. The van der Waals surface area contributed by atoms with Gasteiger partial charge in [-0.25, -0.2) is 14.8 Å². The minimum atomic E-state index is -0.865. The van der Waals surface area contributed by atoms with Crippen molar-refractivity contribution < 1.29 is 9.84 Å². The van der Waals surface area contributed by atoms with E-state index in [0.29, 0.717) is 42.1 Å². The van der Waals surface area contributed by atoms with E-state index < -0.39 is 6.23 Å². The summed E-state index contributed by atoms with van der Waals surface area (Å²) in [5.41, 5.74) is 7.49. The monoisotopic (exact) mass is 456 g/mol. The zero-order valence-electron chi connectivity index (χ0n) is 18.6. The van der Waals surface area contributed by atoms with E-state index in [1.807, 2.05) is 35.2 Å². The zero-order chi connectivity index (χ0) is 23.7. The molecular weight excluding hydrogens is 432 g/mol. The summed E-state index contributed by atoms with van der Waals surface area (Å²) in [7, 11) is 0. The van der Waals surface area contributed by atoms with Crippen LogP contribution in [-0.4, -0.2) is 48.4 Å². The normalized spacial score (nSPS) is 16.8. The minimum absolute atomic E-state index is 0.181. The summed E-state index contributed by atoms with van der Waals surface area (Å²) in [6.07, 6.45) is 1.17. The van der Waals surface area contributed by atoms with Crippen molar-refractivity contribution in [2.24, 2.45) is 0 Å². The second-order valence-corrected chi connectivity index (χ2v) is 8.03. The molecule has 2 aromatic carbocycles. The Labute approximate surface area is 196 Å². The summed E-state index contributed by atoms with van der Waals surface area (Å²) in [6.45, 7) is 2.78. The fraction of sp³-hybridized carbons (Fsp3) is 0.240. The van der Waals surface area contributed by atoms with Crippen LogP contribution in [0.1, 0.15) is 19.4 Å². The lowest BCUT2D eigenvalue weighted by molar-refractivity contribution is 0.0666. The van der Waals surface area contributed by atoms with Gasteiger partial charge in [0.1, 0.15) is 23.3 Å². The molecule has 34 heavy (non-hydrogen) atoms. The number of nitrogens with zero attached hydrogens (tertiary/aromatic N) is 5. The summed E-state index contributed by atoms with van der Waals surface area (Å²) >= 11 is 0. The van der Waals surface area contributed by atoms with Crippen LogP contribution < -0.4 is 16.2 Å². The first-order valence-corrected chi connectivity index (χ1v) is 11.0. The number of hydrogen-bond acceptors (Lipinski definition) is 7. The van der Waals surface area contributed by atoms with Gasteiger partial charge in [-0.2, -0.15) is 0 Å². The molecule has 1 fully saturated rings. The highest BCUT2D eigenvalue weighted by Gasteiger charge is 2.32. The molecule has 9 heteroatoms. The molecule has 3 heterocycles. The van der Waals surface area contributed by atoms with Crippen LogP contribution in [0.4, 0.5) is 5.82 Å². The molecule has 0 bridgehead atoms. The van der Waals surface area contributed by atoms with Gasteiger partial charge in [-0.1, -0.05) is 24.1 Å². The predicted molar refractivity (Wildman–Crippen MR) is 129 cm³/mol. The minimum Gasteiger partial charge on any atom is -0.457 e. The van der Waals surface area contributed by atoms with Gasteiger partial charge in [-0.3, -0.25) is 14.0 Å². The zero-order valence-corrected chi connectivity index (χ0v) is 18.6. The summed E-state index contributed by atoms with van der Waals surface area (Å²) < 4.78 is 9.05. The lowest BCUT2D eigenvalue weighted by atomic mass is 10.2. The summed E-state index contributed by atoms with van der Waals surface area (Å²) in [4.78, 5) is 24.0.